The van der Waals surface area contributed by atoms with Gasteiger partial charge in [-0.1, -0.05) is 0 Å². The third-order valence-electron chi connectivity index (χ3n) is 2.20. The largest absolute Gasteiger partial charge is 0.497 e. The van der Waals surface area contributed by atoms with E-state index in [1.165, 1.54) is 11.3 Å². The lowest BCUT2D eigenvalue weighted by atomic mass is 10.3. The lowest BCUT2D eigenvalue weighted by molar-refractivity contribution is 0.102. The Balaban J connectivity index is 2.07. The molecule has 0 unspecified atom stereocenters. The number of carbonyl (C=O) groups is 1. The summed E-state index contributed by atoms with van der Waals surface area (Å²) in [6.07, 6.45) is 0. The van der Waals surface area contributed by atoms with E-state index in [1.54, 1.807) is 36.8 Å². The molecule has 2 aromatic rings. The van der Waals surface area contributed by atoms with Gasteiger partial charge in [0.15, 0.2) is 0 Å². The van der Waals surface area contributed by atoms with E-state index in [1.807, 2.05) is 6.92 Å². The fraction of sp³-hybridized carbons (Fsp3) is 0.167. The molecule has 0 aliphatic rings. The molecular weight excluding hydrogens is 236 g/mol. The highest BCUT2D eigenvalue weighted by Gasteiger charge is 2.09. The van der Waals surface area contributed by atoms with Crippen molar-refractivity contribution in [2.45, 2.75) is 6.92 Å². The van der Waals surface area contributed by atoms with Gasteiger partial charge in [0.2, 0.25) is 0 Å². The van der Waals surface area contributed by atoms with Gasteiger partial charge in [-0.25, -0.2) is 4.98 Å². The Hall–Kier alpha value is -1.88. The number of anilines is 1. The minimum absolute atomic E-state index is 0.195. The quantitative estimate of drug-likeness (QED) is 0.908. The first-order chi connectivity index (χ1) is 8.19. The number of thiazole rings is 1. The lowest BCUT2D eigenvalue weighted by Gasteiger charge is -2.04. The molecule has 0 fully saturated rings. The average molecular weight is 248 g/mol. The second-order valence-corrected chi connectivity index (χ2v) is 4.50. The summed E-state index contributed by atoms with van der Waals surface area (Å²) in [5.41, 5.74) is 1.17. The number of methoxy groups -OCH3 is 1. The monoisotopic (exact) mass is 248 g/mol. The molecule has 1 N–H and O–H groups in total. The van der Waals surface area contributed by atoms with E-state index in [9.17, 15) is 4.79 Å². The number of hydrogen-bond acceptors (Lipinski definition) is 4. The Morgan fingerprint density at radius 2 is 2.06 bits per heavy atom. The van der Waals surface area contributed by atoms with E-state index in [0.717, 1.165) is 16.4 Å². The molecule has 0 aliphatic heterocycles. The van der Waals surface area contributed by atoms with Gasteiger partial charge in [0.1, 0.15) is 11.4 Å². The van der Waals surface area contributed by atoms with Crippen LogP contribution in [0.3, 0.4) is 0 Å². The number of aryl methyl sites for hydroxylation is 1. The van der Waals surface area contributed by atoms with Gasteiger partial charge < -0.3 is 10.1 Å². The van der Waals surface area contributed by atoms with Crippen LogP contribution in [0, 0.1) is 6.92 Å². The maximum atomic E-state index is 11.8. The third-order valence-corrected chi connectivity index (χ3v) is 2.97. The van der Waals surface area contributed by atoms with Gasteiger partial charge >= 0.3 is 0 Å². The molecule has 0 aliphatic carbocycles. The molecular formula is C12H12N2O2S. The summed E-state index contributed by atoms with van der Waals surface area (Å²) in [7, 11) is 1.60. The highest BCUT2D eigenvalue weighted by Crippen LogP contribution is 2.16. The number of rotatable bonds is 3. The van der Waals surface area contributed by atoms with Crippen molar-refractivity contribution >= 4 is 22.9 Å². The predicted octanol–water partition coefficient (Wildman–Crippen LogP) is 2.71. The Morgan fingerprint density at radius 1 is 1.35 bits per heavy atom. The molecule has 88 valence electrons. The van der Waals surface area contributed by atoms with E-state index >= 15 is 0 Å². The lowest BCUT2D eigenvalue weighted by Crippen LogP contribution is -2.12. The number of nitrogens with one attached hydrogen (secondary N) is 1. The van der Waals surface area contributed by atoms with Crippen LogP contribution in [0.15, 0.2) is 29.6 Å². The SMILES string of the molecule is COc1ccc(NC(=O)c2csc(C)n2)cc1. The molecule has 1 aromatic carbocycles. The predicted molar refractivity (Wildman–Crippen MR) is 67.8 cm³/mol. The first-order valence-corrected chi connectivity index (χ1v) is 5.94. The average Bonchev–Trinajstić information content (AvgIpc) is 2.77. The van der Waals surface area contributed by atoms with Crippen molar-refractivity contribution in [2.75, 3.05) is 12.4 Å². The van der Waals surface area contributed by atoms with Crippen molar-refractivity contribution in [1.29, 1.82) is 0 Å². The molecule has 2 rings (SSSR count). The van der Waals surface area contributed by atoms with Crippen LogP contribution in [-0.4, -0.2) is 18.0 Å². The minimum Gasteiger partial charge on any atom is -0.497 e. The number of carbonyl (C=O) groups excluding carboxylic acids is 1. The van der Waals surface area contributed by atoms with E-state index in [2.05, 4.69) is 10.3 Å². The molecule has 0 radical (unpaired) electrons. The van der Waals surface area contributed by atoms with Gasteiger partial charge in [-0.2, -0.15) is 0 Å². The van der Waals surface area contributed by atoms with E-state index in [4.69, 9.17) is 4.74 Å². The minimum atomic E-state index is -0.195. The second kappa shape index (κ2) is 4.97. The molecule has 0 bridgehead atoms. The summed E-state index contributed by atoms with van der Waals surface area (Å²) < 4.78 is 5.04. The van der Waals surface area contributed by atoms with E-state index < -0.39 is 0 Å². The van der Waals surface area contributed by atoms with Crippen LogP contribution in [0.4, 0.5) is 5.69 Å². The van der Waals surface area contributed by atoms with Crippen molar-refractivity contribution in [1.82, 2.24) is 4.98 Å². The highest BCUT2D eigenvalue weighted by molar-refractivity contribution is 7.09. The Bertz CT molecular complexity index is 520. The Kier molecular flexibility index (Phi) is 3.39. The Morgan fingerprint density at radius 3 is 2.59 bits per heavy atom. The molecule has 0 saturated carbocycles. The van der Waals surface area contributed by atoms with Gasteiger partial charge in [0.25, 0.3) is 5.91 Å². The van der Waals surface area contributed by atoms with Crippen LogP contribution in [0.1, 0.15) is 15.5 Å². The zero-order valence-corrected chi connectivity index (χ0v) is 10.4. The molecule has 4 nitrogen and oxygen atoms in total. The van der Waals surface area contributed by atoms with Crippen LogP contribution >= 0.6 is 11.3 Å². The summed E-state index contributed by atoms with van der Waals surface area (Å²) in [5.74, 6) is 0.562. The summed E-state index contributed by atoms with van der Waals surface area (Å²) in [5, 5.41) is 5.40. The van der Waals surface area contributed by atoms with Crippen molar-refractivity contribution in [3.05, 3.63) is 40.3 Å². The van der Waals surface area contributed by atoms with Crippen LogP contribution in [0.25, 0.3) is 0 Å². The molecule has 1 heterocycles. The van der Waals surface area contributed by atoms with Gasteiger partial charge in [-0.05, 0) is 31.2 Å². The number of hydrogen-bond donors (Lipinski definition) is 1. The van der Waals surface area contributed by atoms with Gasteiger partial charge in [0.05, 0.1) is 12.1 Å². The van der Waals surface area contributed by atoms with Crippen molar-refractivity contribution in [2.24, 2.45) is 0 Å². The first-order valence-electron chi connectivity index (χ1n) is 5.06. The topological polar surface area (TPSA) is 51.2 Å². The smallest absolute Gasteiger partial charge is 0.275 e. The van der Waals surface area contributed by atoms with Gasteiger partial charge in [-0.3, -0.25) is 4.79 Å². The fourth-order valence-corrected chi connectivity index (χ4v) is 1.93. The first kappa shape index (κ1) is 11.6. The fourth-order valence-electron chi connectivity index (χ4n) is 1.34. The molecule has 0 saturated heterocycles. The number of benzene rings is 1. The normalized spacial score (nSPS) is 10.0. The van der Waals surface area contributed by atoms with Crippen molar-refractivity contribution < 1.29 is 9.53 Å². The van der Waals surface area contributed by atoms with Crippen LogP contribution < -0.4 is 10.1 Å². The van der Waals surface area contributed by atoms with Crippen LogP contribution in [0.2, 0.25) is 0 Å². The summed E-state index contributed by atoms with van der Waals surface area (Å²) in [4.78, 5) is 15.9. The maximum Gasteiger partial charge on any atom is 0.275 e. The molecule has 1 aromatic heterocycles. The molecule has 0 atom stereocenters. The third kappa shape index (κ3) is 2.82. The molecule has 17 heavy (non-hydrogen) atoms. The molecule has 5 heteroatoms. The summed E-state index contributed by atoms with van der Waals surface area (Å²) >= 11 is 1.46. The second-order valence-electron chi connectivity index (χ2n) is 3.43. The molecule has 1 amide bonds. The summed E-state index contributed by atoms with van der Waals surface area (Å²) in [6, 6.07) is 7.16. The van der Waals surface area contributed by atoms with E-state index in [0.29, 0.717) is 5.69 Å². The number of ether oxygens (including phenoxy) is 1. The standard InChI is InChI=1S/C12H12N2O2S/c1-8-13-11(7-17-8)12(15)14-9-3-5-10(16-2)6-4-9/h3-7H,1-2H3,(H,14,15). The number of nitrogens with zero attached hydrogens (tertiary/aromatic N) is 1. The van der Waals surface area contributed by atoms with Crippen molar-refractivity contribution in [3.63, 3.8) is 0 Å². The van der Waals surface area contributed by atoms with E-state index in [-0.39, 0.29) is 5.91 Å². The number of amides is 1. The maximum absolute atomic E-state index is 11.8. The van der Waals surface area contributed by atoms with Crippen molar-refractivity contribution in [3.8, 4) is 5.75 Å². The Labute approximate surface area is 103 Å². The van der Waals surface area contributed by atoms with Crippen LogP contribution in [0.5, 0.6) is 5.75 Å². The van der Waals surface area contributed by atoms with Gasteiger partial charge in [-0.15, -0.1) is 11.3 Å². The molecule has 0 spiro atoms. The van der Waals surface area contributed by atoms with Crippen LogP contribution in [-0.2, 0) is 0 Å². The highest BCUT2D eigenvalue weighted by atomic mass is 32.1. The number of aromatic nitrogens is 1. The zero-order valence-electron chi connectivity index (χ0n) is 9.56. The zero-order chi connectivity index (χ0) is 12.3. The van der Waals surface area contributed by atoms with Gasteiger partial charge in [0, 0.05) is 11.1 Å². The summed E-state index contributed by atoms with van der Waals surface area (Å²) in [6.45, 7) is 1.87.